The topological polar surface area (TPSA) is 9.23 Å². The first kappa shape index (κ1) is 13.0. The second-order valence-electron chi connectivity index (χ2n) is 4.17. The van der Waals surface area contributed by atoms with E-state index >= 15 is 0 Å². The van der Waals surface area contributed by atoms with Crippen molar-refractivity contribution in [2.45, 2.75) is 20.0 Å². The van der Waals surface area contributed by atoms with E-state index in [0.717, 1.165) is 22.8 Å². The van der Waals surface area contributed by atoms with Crippen molar-refractivity contribution < 1.29 is 4.74 Å². The van der Waals surface area contributed by atoms with Crippen LogP contribution in [-0.4, -0.2) is 0 Å². The molecule has 0 amide bonds. The van der Waals surface area contributed by atoms with E-state index in [0.29, 0.717) is 6.61 Å². The van der Waals surface area contributed by atoms with E-state index in [-0.39, 0.29) is 0 Å². The largest absolute Gasteiger partial charge is 0.489 e. The lowest BCUT2D eigenvalue weighted by Gasteiger charge is -2.08. The zero-order chi connectivity index (χ0) is 12.8. The summed E-state index contributed by atoms with van der Waals surface area (Å²) < 4.78 is 5.76. The van der Waals surface area contributed by atoms with Crippen molar-refractivity contribution in [3.05, 3.63) is 71.1 Å². The van der Waals surface area contributed by atoms with E-state index in [9.17, 15) is 0 Å². The molecule has 2 aromatic carbocycles. The quantitative estimate of drug-likeness (QED) is 0.757. The van der Waals surface area contributed by atoms with Crippen LogP contribution in [0.3, 0.4) is 0 Å². The van der Waals surface area contributed by atoms with Gasteiger partial charge in [0.1, 0.15) is 12.4 Å². The summed E-state index contributed by atoms with van der Waals surface area (Å²) in [7, 11) is 0. The minimum Gasteiger partial charge on any atom is -0.489 e. The van der Waals surface area contributed by atoms with Gasteiger partial charge in [0, 0.05) is 5.02 Å². The van der Waals surface area contributed by atoms with Crippen molar-refractivity contribution in [3.8, 4) is 5.75 Å². The molecule has 2 heteroatoms. The molecule has 1 nitrogen and oxygen atoms in total. The minimum atomic E-state index is 0.566. The molecule has 0 saturated heterocycles. The van der Waals surface area contributed by atoms with E-state index in [1.54, 1.807) is 0 Å². The second kappa shape index (κ2) is 6.46. The van der Waals surface area contributed by atoms with Gasteiger partial charge in [-0.3, -0.25) is 0 Å². The Kier molecular flexibility index (Phi) is 4.66. The van der Waals surface area contributed by atoms with Crippen molar-refractivity contribution in [2.24, 2.45) is 0 Å². The number of benzene rings is 2. The van der Waals surface area contributed by atoms with Gasteiger partial charge in [-0.15, -0.1) is 0 Å². The zero-order valence-corrected chi connectivity index (χ0v) is 11.2. The lowest BCUT2D eigenvalue weighted by atomic mass is 10.1. The van der Waals surface area contributed by atoms with E-state index in [4.69, 9.17) is 16.3 Å². The summed E-state index contributed by atoms with van der Waals surface area (Å²) in [5.74, 6) is 0.907. The Labute approximate surface area is 113 Å². The molecular formula is C16H16ClO. The molecule has 0 aliphatic carbocycles. The normalized spacial score (nSPS) is 10.3. The van der Waals surface area contributed by atoms with Gasteiger partial charge in [-0.25, -0.2) is 0 Å². The average Bonchev–Trinajstić information content (AvgIpc) is 2.39. The monoisotopic (exact) mass is 259 g/mol. The van der Waals surface area contributed by atoms with Gasteiger partial charge in [0.25, 0.3) is 0 Å². The molecule has 0 aromatic heterocycles. The molecule has 0 spiro atoms. The summed E-state index contributed by atoms with van der Waals surface area (Å²) in [6.07, 6.45) is 3.11. The fourth-order valence-electron chi connectivity index (χ4n) is 1.75. The smallest absolute Gasteiger partial charge is 0.120 e. The van der Waals surface area contributed by atoms with Gasteiger partial charge in [0.05, 0.1) is 0 Å². The fraction of sp³-hybridized carbons (Fsp3) is 0.188. The SMILES string of the molecule is C[CH]Cc1cccc(OCc2ccc(Cl)cc2)c1. The zero-order valence-electron chi connectivity index (χ0n) is 10.4. The molecule has 0 saturated carbocycles. The van der Waals surface area contributed by atoms with Crippen LogP contribution >= 0.6 is 11.6 Å². The first-order valence-corrected chi connectivity index (χ1v) is 6.40. The van der Waals surface area contributed by atoms with Gasteiger partial charge in [-0.05, 0) is 48.2 Å². The number of hydrogen-bond donors (Lipinski definition) is 0. The Hall–Kier alpha value is -1.47. The van der Waals surface area contributed by atoms with Crippen LogP contribution in [0.15, 0.2) is 48.5 Å². The first-order chi connectivity index (χ1) is 8.78. The third-order valence-corrected chi connectivity index (χ3v) is 2.91. The molecule has 2 aromatic rings. The maximum absolute atomic E-state index is 5.84. The van der Waals surface area contributed by atoms with Crippen molar-refractivity contribution >= 4 is 11.6 Å². The maximum atomic E-state index is 5.84. The molecule has 0 atom stereocenters. The van der Waals surface area contributed by atoms with E-state index < -0.39 is 0 Å². The predicted molar refractivity (Wildman–Crippen MR) is 75.9 cm³/mol. The van der Waals surface area contributed by atoms with Crippen LogP contribution in [0.1, 0.15) is 18.1 Å². The molecule has 0 unspecified atom stereocenters. The van der Waals surface area contributed by atoms with Gasteiger partial charge in [-0.1, -0.05) is 42.8 Å². The van der Waals surface area contributed by atoms with Crippen molar-refractivity contribution in [3.63, 3.8) is 0 Å². The standard InChI is InChI=1S/C16H16ClO/c1-2-4-13-5-3-6-16(11-13)18-12-14-7-9-15(17)10-8-14/h2-3,5-11H,4,12H2,1H3. The Morgan fingerprint density at radius 2 is 1.83 bits per heavy atom. The third kappa shape index (κ3) is 3.78. The van der Waals surface area contributed by atoms with Crippen LogP contribution in [0.5, 0.6) is 5.75 Å². The predicted octanol–water partition coefficient (Wildman–Crippen LogP) is 4.69. The summed E-state index contributed by atoms with van der Waals surface area (Å²) in [6.45, 7) is 2.62. The minimum absolute atomic E-state index is 0.566. The van der Waals surface area contributed by atoms with Crippen molar-refractivity contribution in [2.75, 3.05) is 0 Å². The number of hydrogen-bond acceptors (Lipinski definition) is 1. The summed E-state index contributed by atoms with van der Waals surface area (Å²) in [5.41, 5.74) is 2.39. The van der Waals surface area contributed by atoms with E-state index in [1.165, 1.54) is 5.56 Å². The van der Waals surface area contributed by atoms with E-state index in [2.05, 4.69) is 25.5 Å². The van der Waals surface area contributed by atoms with Crippen LogP contribution < -0.4 is 4.74 Å². The van der Waals surface area contributed by atoms with Crippen LogP contribution in [0.4, 0.5) is 0 Å². The van der Waals surface area contributed by atoms with Crippen LogP contribution in [0.25, 0.3) is 0 Å². The van der Waals surface area contributed by atoms with Crippen LogP contribution in [0.2, 0.25) is 5.02 Å². The van der Waals surface area contributed by atoms with Crippen molar-refractivity contribution in [1.82, 2.24) is 0 Å². The molecule has 0 aliphatic heterocycles. The fourth-order valence-corrected chi connectivity index (χ4v) is 1.87. The number of rotatable bonds is 5. The molecule has 18 heavy (non-hydrogen) atoms. The van der Waals surface area contributed by atoms with Gasteiger partial charge in [0.2, 0.25) is 0 Å². The van der Waals surface area contributed by atoms with Gasteiger partial charge >= 0.3 is 0 Å². The molecule has 0 aliphatic rings. The Balaban J connectivity index is 1.97. The molecule has 1 radical (unpaired) electrons. The highest BCUT2D eigenvalue weighted by molar-refractivity contribution is 6.30. The molecule has 2 rings (SSSR count). The summed E-state index contributed by atoms with van der Waals surface area (Å²) in [5, 5.41) is 0.749. The summed E-state index contributed by atoms with van der Waals surface area (Å²) in [4.78, 5) is 0. The highest BCUT2D eigenvalue weighted by atomic mass is 35.5. The molecule has 0 fully saturated rings. The van der Waals surface area contributed by atoms with Gasteiger partial charge in [-0.2, -0.15) is 0 Å². The highest BCUT2D eigenvalue weighted by Gasteiger charge is 1.98. The summed E-state index contributed by atoms with van der Waals surface area (Å²) >= 11 is 5.84. The Morgan fingerprint density at radius 1 is 1.06 bits per heavy atom. The van der Waals surface area contributed by atoms with Gasteiger partial charge in [0.15, 0.2) is 0 Å². The van der Waals surface area contributed by atoms with E-state index in [1.807, 2.05) is 36.4 Å². The van der Waals surface area contributed by atoms with Crippen molar-refractivity contribution in [1.29, 1.82) is 0 Å². The maximum Gasteiger partial charge on any atom is 0.120 e. The highest BCUT2D eigenvalue weighted by Crippen LogP contribution is 2.17. The Morgan fingerprint density at radius 3 is 2.56 bits per heavy atom. The molecule has 0 N–H and O–H groups in total. The molecule has 0 heterocycles. The first-order valence-electron chi connectivity index (χ1n) is 6.02. The van der Waals surface area contributed by atoms with Crippen LogP contribution in [-0.2, 0) is 13.0 Å². The summed E-state index contributed by atoms with van der Waals surface area (Å²) in [6, 6.07) is 15.9. The number of halogens is 1. The Bertz CT molecular complexity index is 491. The molecule has 0 bridgehead atoms. The third-order valence-electron chi connectivity index (χ3n) is 2.66. The average molecular weight is 260 g/mol. The lowest BCUT2D eigenvalue weighted by molar-refractivity contribution is 0.306. The lowest BCUT2D eigenvalue weighted by Crippen LogP contribution is -1.95. The van der Waals surface area contributed by atoms with Gasteiger partial charge < -0.3 is 4.74 Å². The second-order valence-corrected chi connectivity index (χ2v) is 4.61. The number of ether oxygens (including phenoxy) is 1. The van der Waals surface area contributed by atoms with Crippen LogP contribution in [0, 0.1) is 6.42 Å². The molecule has 93 valence electrons. The molecular weight excluding hydrogens is 244 g/mol.